The molecule has 0 saturated heterocycles. The summed E-state index contributed by atoms with van der Waals surface area (Å²) >= 11 is 0. The number of halogens is 1. The lowest BCUT2D eigenvalue weighted by molar-refractivity contribution is 0.152. The fourth-order valence-electron chi connectivity index (χ4n) is 4.94. The zero-order valence-electron chi connectivity index (χ0n) is 20.5. The minimum Gasteiger partial charge on any atom is -0.388 e. The highest BCUT2D eigenvalue weighted by molar-refractivity contribution is 5.98. The van der Waals surface area contributed by atoms with Gasteiger partial charge < -0.3 is 10.8 Å². The standard InChI is InChI=1S/C27H30FN7O/c1-15-24(26(36)19-5-6-19)16(2)35(32-15)23-13-22(29)31-27-21(11-12-30-23)25(18-7-9-20(28)10-8-18)33-34(27)14-17-3-4-17/h7-10,12-13,17,19,26,36H,3-6,11,14H2,1-2H3,(H2,29,31). The number of aliphatic imine (C=N–C) groups is 2. The molecule has 2 saturated carbocycles. The van der Waals surface area contributed by atoms with Crippen molar-refractivity contribution in [2.75, 3.05) is 0 Å². The van der Waals surface area contributed by atoms with Gasteiger partial charge in [-0.1, -0.05) is 0 Å². The molecule has 36 heavy (non-hydrogen) atoms. The maximum atomic E-state index is 13.6. The molecule has 1 atom stereocenters. The molecule has 0 bridgehead atoms. The summed E-state index contributed by atoms with van der Waals surface area (Å²) in [4.78, 5) is 9.51. The number of aromatic nitrogens is 4. The van der Waals surface area contributed by atoms with Gasteiger partial charge in [-0.2, -0.15) is 10.2 Å². The van der Waals surface area contributed by atoms with E-state index < -0.39 is 6.10 Å². The van der Waals surface area contributed by atoms with Gasteiger partial charge in [0.2, 0.25) is 0 Å². The molecule has 3 aromatic rings. The third-order valence-corrected chi connectivity index (χ3v) is 7.23. The Kier molecular flexibility index (Phi) is 5.59. The topological polar surface area (TPSA) is 107 Å². The first kappa shape index (κ1) is 22.8. The molecule has 186 valence electrons. The Morgan fingerprint density at radius 3 is 2.56 bits per heavy atom. The number of hydrogen-bond acceptors (Lipinski definition) is 6. The van der Waals surface area contributed by atoms with Crippen LogP contribution in [-0.2, 0) is 13.0 Å². The number of aryl methyl sites for hydroxylation is 1. The normalized spacial score (nSPS) is 18.7. The number of nitrogens with zero attached hydrogens (tertiary/aromatic N) is 6. The summed E-state index contributed by atoms with van der Waals surface area (Å²) in [5.41, 5.74) is 11.4. The monoisotopic (exact) mass is 487 g/mol. The van der Waals surface area contributed by atoms with Gasteiger partial charge in [0.05, 0.1) is 17.5 Å². The third-order valence-electron chi connectivity index (χ3n) is 7.23. The largest absolute Gasteiger partial charge is 0.388 e. The predicted molar refractivity (Wildman–Crippen MR) is 137 cm³/mol. The molecule has 2 aromatic heterocycles. The third kappa shape index (κ3) is 4.28. The summed E-state index contributed by atoms with van der Waals surface area (Å²) in [6.07, 6.45) is 7.94. The Labute approximate surface area is 209 Å². The van der Waals surface area contributed by atoms with Gasteiger partial charge in [-0.05, 0) is 75.6 Å². The summed E-state index contributed by atoms with van der Waals surface area (Å²) in [5.74, 6) is 2.15. The fourth-order valence-corrected chi connectivity index (χ4v) is 4.94. The zero-order valence-corrected chi connectivity index (χ0v) is 20.5. The number of hydrogen-bond donors (Lipinski definition) is 2. The van der Waals surface area contributed by atoms with Crippen molar-refractivity contribution in [3.05, 3.63) is 58.7 Å². The van der Waals surface area contributed by atoms with E-state index in [0.29, 0.717) is 35.7 Å². The highest BCUT2D eigenvalue weighted by atomic mass is 19.1. The van der Waals surface area contributed by atoms with E-state index in [-0.39, 0.29) is 5.82 Å². The number of nitrogens with two attached hydrogens (primary N) is 1. The minimum atomic E-state index is -0.512. The van der Waals surface area contributed by atoms with Crippen LogP contribution in [0.25, 0.3) is 17.1 Å². The molecule has 9 heteroatoms. The lowest BCUT2D eigenvalue weighted by atomic mass is 10.0. The Morgan fingerprint density at radius 2 is 1.86 bits per heavy atom. The van der Waals surface area contributed by atoms with Crippen LogP contribution in [-0.4, -0.2) is 36.7 Å². The van der Waals surface area contributed by atoms with E-state index in [1.165, 1.54) is 25.0 Å². The molecular formula is C27H30FN7O. The van der Waals surface area contributed by atoms with Crippen molar-refractivity contribution in [2.45, 2.75) is 58.6 Å². The maximum absolute atomic E-state index is 13.6. The van der Waals surface area contributed by atoms with Gasteiger partial charge in [0.25, 0.3) is 0 Å². The molecule has 0 amide bonds. The van der Waals surface area contributed by atoms with Crippen LogP contribution in [0, 0.1) is 31.5 Å². The molecule has 1 aliphatic heterocycles. The molecule has 6 rings (SSSR count). The lowest BCUT2D eigenvalue weighted by Crippen LogP contribution is -2.12. The van der Waals surface area contributed by atoms with Crippen molar-refractivity contribution >= 4 is 23.7 Å². The highest BCUT2D eigenvalue weighted by Gasteiger charge is 2.34. The van der Waals surface area contributed by atoms with Crippen LogP contribution < -0.4 is 5.73 Å². The number of amidine groups is 1. The van der Waals surface area contributed by atoms with Gasteiger partial charge in [0, 0.05) is 47.6 Å². The summed E-state index contributed by atoms with van der Waals surface area (Å²) in [6.45, 7) is 4.64. The van der Waals surface area contributed by atoms with Crippen molar-refractivity contribution in [3.8, 4) is 11.3 Å². The molecule has 3 heterocycles. The lowest BCUT2D eigenvalue weighted by Gasteiger charge is -2.10. The Bertz CT molecular complexity index is 1400. The number of aliphatic hydroxyl groups is 1. The van der Waals surface area contributed by atoms with E-state index in [0.717, 1.165) is 53.2 Å². The van der Waals surface area contributed by atoms with Crippen molar-refractivity contribution < 1.29 is 9.50 Å². The van der Waals surface area contributed by atoms with Crippen molar-refractivity contribution in [1.82, 2.24) is 19.6 Å². The van der Waals surface area contributed by atoms with Gasteiger partial charge >= 0.3 is 0 Å². The van der Waals surface area contributed by atoms with Crippen molar-refractivity contribution in [3.63, 3.8) is 0 Å². The van der Waals surface area contributed by atoms with Crippen LogP contribution in [0.2, 0.25) is 0 Å². The molecule has 1 unspecified atom stereocenters. The highest BCUT2D eigenvalue weighted by Crippen LogP contribution is 2.43. The van der Waals surface area contributed by atoms with Gasteiger partial charge in [-0.3, -0.25) is 0 Å². The average Bonchev–Trinajstić information content (AvgIpc) is 3.77. The molecule has 0 spiro atoms. The van der Waals surface area contributed by atoms with E-state index in [9.17, 15) is 9.50 Å². The molecule has 1 aromatic carbocycles. The quantitative estimate of drug-likeness (QED) is 0.535. The van der Waals surface area contributed by atoms with E-state index in [1.807, 2.05) is 24.7 Å². The Morgan fingerprint density at radius 1 is 1.11 bits per heavy atom. The fraction of sp³-hybridized carbons (Fsp3) is 0.407. The van der Waals surface area contributed by atoms with Crippen molar-refractivity contribution in [2.24, 2.45) is 27.6 Å². The summed E-state index contributed by atoms with van der Waals surface area (Å²) in [5, 5.41) is 20.4. The molecule has 0 radical (unpaired) electrons. The smallest absolute Gasteiger partial charge is 0.157 e. The van der Waals surface area contributed by atoms with Gasteiger partial charge in [-0.15, -0.1) is 0 Å². The molecule has 2 fully saturated rings. The van der Waals surface area contributed by atoms with Gasteiger partial charge in [0.15, 0.2) is 11.6 Å². The minimum absolute atomic E-state index is 0.287. The second kappa shape index (κ2) is 8.81. The van der Waals surface area contributed by atoms with Crippen LogP contribution in [0.3, 0.4) is 0 Å². The van der Waals surface area contributed by atoms with Crippen LogP contribution in [0.15, 0.2) is 40.3 Å². The molecule has 2 aliphatic carbocycles. The van der Waals surface area contributed by atoms with Crippen LogP contribution in [0.5, 0.6) is 0 Å². The average molecular weight is 488 g/mol. The van der Waals surface area contributed by atoms with E-state index in [4.69, 9.17) is 20.8 Å². The van der Waals surface area contributed by atoms with Crippen LogP contribution >= 0.6 is 0 Å². The molecular weight excluding hydrogens is 457 g/mol. The zero-order chi connectivity index (χ0) is 25.0. The second-order valence-electron chi connectivity index (χ2n) is 10.1. The molecule has 3 aliphatic rings. The van der Waals surface area contributed by atoms with E-state index in [2.05, 4.69) is 5.10 Å². The number of rotatable bonds is 6. The number of fused-ring (bicyclic) bond motifs is 1. The predicted octanol–water partition coefficient (Wildman–Crippen LogP) is 4.47. The SMILES string of the molecule is Cc1nn(C2=CC(N)=Nc3c(c(-c4ccc(F)cc4)nn3CC3CC3)CC=N2)c(C)c1C(O)C1CC1. The summed E-state index contributed by atoms with van der Waals surface area (Å²) in [6, 6.07) is 6.36. The number of aliphatic hydroxyl groups excluding tert-OH is 1. The number of benzene rings is 1. The summed E-state index contributed by atoms with van der Waals surface area (Å²) in [7, 11) is 0. The summed E-state index contributed by atoms with van der Waals surface area (Å²) < 4.78 is 17.3. The maximum Gasteiger partial charge on any atom is 0.157 e. The van der Waals surface area contributed by atoms with Gasteiger partial charge in [0.1, 0.15) is 11.7 Å². The van der Waals surface area contributed by atoms with Crippen molar-refractivity contribution in [1.29, 1.82) is 0 Å². The molecule has 3 N–H and O–H groups in total. The van der Waals surface area contributed by atoms with Crippen LogP contribution in [0.1, 0.15) is 54.3 Å². The molecule has 8 nitrogen and oxygen atoms in total. The van der Waals surface area contributed by atoms with E-state index in [1.54, 1.807) is 22.9 Å². The Balaban J connectivity index is 1.41. The van der Waals surface area contributed by atoms with Gasteiger partial charge in [-0.25, -0.2) is 23.7 Å². The first-order valence-corrected chi connectivity index (χ1v) is 12.6. The first-order valence-electron chi connectivity index (χ1n) is 12.6. The first-order chi connectivity index (χ1) is 17.4. The van der Waals surface area contributed by atoms with Crippen LogP contribution in [0.4, 0.5) is 10.2 Å². The Hall–Kier alpha value is -3.59. The van der Waals surface area contributed by atoms with E-state index >= 15 is 0 Å². The second-order valence-corrected chi connectivity index (χ2v) is 10.1.